The van der Waals surface area contributed by atoms with Gasteiger partial charge in [0.15, 0.2) is 0 Å². The third-order valence-corrected chi connectivity index (χ3v) is 7.85. The first-order chi connectivity index (χ1) is 22.3. The molecule has 19 heteroatoms. The fourth-order valence-corrected chi connectivity index (χ4v) is 4.66. The Hall–Kier alpha value is -2.11. The van der Waals surface area contributed by atoms with Gasteiger partial charge in [0.2, 0.25) is 0 Å². The van der Waals surface area contributed by atoms with Gasteiger partial charge in [-0.2, -0.15) is 65.9 Å². The number of unbranched alkanes of at least 4 members (excludes halogenated alkanes) is 15. The zero-order valence-corrected chi connectivity index (χ0v) is 27.3. The Bertz CT molecular complexity index is 988. The molecule has 4 nitrogen and oxygen atoms in total. The molecule has 0 aromatic carbocycles. The van der Waals surface area contributed by atoms with Crippen molar-refractivity contribution in [2.45, 2.75) is 158 Å². The van der Waals surface area contributed by atoms with Gasteiger partial charge in [-0.25, -0.2) is 0 Å². The molecular formula is C30H44F15NO3. The van der Waals surface area contributed by atoms with Crippen LogP contribution >= 0.6 is 0 Å². The average Bonchev–Trinajstić information content (AvgIpc) is 2.99. The minimum atomic E-state index is -8.50. The monoisotopic (exact) mass is 751 g/mol. The summed E-state index contributed by atoms with van der Waals surface area (Å²) >= 11 is 0. The standard InChI is InChI=1S/C30H44F15NO3/c1-3-5-6-7-8-9-10-11-12-13-14-15-16-17-18-19-20-49-22(47)21-46(4-2)23(48)24(31,32)25(33,34)26(35,36)27(37,38)28(39,40)29(41,42)30(43,44)45/h3-21H2,1-2H3. The first kappa shape index (κ1) is 46.9. The van der Waals surface area contributed by atoms with Crippen LogP contribution in [0, 0.1) is 0 Å². The summed E-state index contributed by atoms with van der Waals surface area (Å²) in [7, 11) is 0. The van der Waals surface area contributed by atoms with Crippen LogP contribution in [0.2, 0.25) is 0 Å². The molecule has 0 atom stereocenters. The van der Waals surface area contributed by atoms with Crippen molar-refractivity contribution in [3.8, 4) is 0 Å². The second kappa shape index (κ2) is 19.5. The van der Waals surface area contributed by atoms with Crippen LogP contribution < -0.4 is 0 Å². The van der Waals surface area contributed by atoms with E-state index in [1.807, 2.05) is 0 Å². The second-order valence-electron chi connectivity index (χ2n) is 11.8. The molecule has 0 unspecified atom stereocenters. The van der Waals surface area contributed by atoms with Crippen LogP contribution in [0.3, 0.4) is 0 Å². The van der Waals surface area contributed by atoms with Crippen LogP contribution in [0.1, 0.15) is 117 Å². The van der Waals surface area contributed by atoms with Crippen molar-refractivity contribution in [3.05, 3.63) is 0 Å². The maximum absolute atomic E-state index is 14.3. The molecule has 0 rings (SSSR count). The molecule has 0 saturated heterocycles. The van der Waals surface area contributed by atoms with E-state index in [0.29, 0.717) is 13.3 Å². The normalized spacial score (nSPS) is 13.9. The maximum Gasteiger partial charge on any atom is 0.460 e. The van der Waals surface area contributed by atoms with Gasteiger partial charge in [-0.1, -0.05) is 103 Å². The minimum absolute atomic E-state index is 0.233. The van der Waals surface area contributed by atoms with Crippen LogP contribution in [0.25, 0.3) is 0 Å². The molecule has 0 aliphatic rings. The highest BCUT2D eigenvalue weighted by molar-refractivity contribution is 5.88. The quantitative estimate of drug-likeness (QED) is 0.0502. The molecule has 0 spiro atoms. The number of esters is 1. The van der Waals surface area contributed by atoms with Crippen LogP contribution in [-0.2, 0) is 14.3 Å². The van der Waals surface area contributed by atoms with Crippen molar-refractivity contribution in [2.75, 3.05) is 19.7 Å². The van der Waals surface area contributed by atoms with E-state index in [4.69, 9.17) is 0 Å². The largest absolute Gasteiger partial charge is 0.464 e. The van der Waals surface area contributed by atoms with Crippen molar-refractivity contribution in [1.29, 1.82) is 0 Å². The lowest BCUT2D eigenvalue weighted by molar-refractivity contribution is -0.449. The molecule has 0 heterocycles. The van der Waals surface area contributed by atoms with Crippen LogP contribution in [0.15, 0.2) is 0 Å². The van der Waals surface area contributed by atoms with E-state index in [0.717, 1.165) is 38.5 Å². The van der Waals surface area contributed by atoms with Crippen LogP contribution in [0.4, 0.5) is 65.9 Å². The Morgan fingerprint density at radius 1 is 0.469 bits per heavy atom. The molecule has 292 valence electrons. The number of hydrogen-bond acceptors (Lipinski definition) is 3. The van der Waals surface area contributed by atoms with Gasteiger partial charge in [0.05, 0.1) is 6.61 Å². The summed E-state index contributed by atoms with van der Waals surface area (Å²) in [5, 5.41) is 0. The molecule has 0 N–H and O–H groups in total. The topological polar surface area (TPSA) is 46.6 Å². The first-order valence-electron chi connectivity index (χ1n) is 16.1. The fourth-order valence-electron chi connectivity index (χ4n) is 4.66. The molecule has 0 fully saturated rings. The van der Waals surface area contributed by atoms with Gasteiger partial charge in [0.25, 0.3) is 5.91 Å². The third-order valence-electron chi connectivity index (χ3n) is 7.85. The van der Waals surface area contributed by atoms with Gasteiger partial charge in [-0.05, 0) is 13.3 Å². The Morgan fingerprint density at radius 2 is 0.796 bits per heavy atom. The summed E-state index contributed by atoms with van der Waals surface area (Å²) in [5.41, 5.74) is 0. The lowest BCUT2D eigenvalue weighted by atomic mass is 9.90. The van der Waals surface area contributed by atoms with Gasteiger partial charge in [-0.15, -0.1) is 0 Å². The van der Waals surface area contributed by atoms with E-state index in [-0.39, 0.29) is 13.0 Å². The molecule has 0 aliphatic carbocycles. The highest BCUT2D eigenvalue weighted by Crippen LogP contribution is 2.62. The number of amides is 1. The summed E-state index contributed by atoms with van der Waals surface area (Å²) in [4.78, 5) is 23.3. The van der Waals surface area contributed by atoms with Gasteiger partial charge < -0.3 is 9.64 Å². The van der Waals surface area contributed by atoms with Gasteiger partial charge in [-0.3, -0.25) is 9.59 Å². The lowest BCUT2D eigenvalue weighted by Gasteiger charge is -2.41. The van der Waals surface area contributed by atoms with E-state index in [9.17, 15) is 75.4 Å². The Kier molecular flexibility index (Phi) is 18.6. The number of likely N-dealkylation sites (N-methyl/N-ethyl adjacent to an activating group) is 1. The Labute approximate surface area is 275 Å². The first-order valence-corrected chi connectivity index (χ1v) is 16.1. The predicted octanol–water partition coefficient (Wildman–Crippen LogP) is 11.0. The van der Waals surface area contributed by atoms with E-state index >= 15 is 0 Å². The molecule has 0 aromatic rings. The molecule has 0 bridgehead atoms. The fraction of sp³-hybridized carbons (Fsp3) is 0.933. The Morgan fingerprint density at radius 3 is 1.14 bits per heavy atom. The van der Waals surface area contributed by atoms with Crippen LogP contribution in [-0.4, -0.2) is 78.2 Å². The number of rotatable bonds is 26. The highest BCUT2D eigenvalue weighted by atomic mass is 19.4. The SMILES string of the molecule is CCCCCCCCCCCCCCCCCCOC(=O)CN(CC)C(=O)C(F)(F)C(F)(F)C(F)(F)C(F)(F)C(F)(F)C(F)(F)C(F)(F)F. The number of carbonyl (C=O) groups excluding carboxylic acids is 2. The summed E-state index contributed by atoms with van der Waals surface area (Å²) < 4.78 is 206. The molecule has 1 amide bonds. The van der Waals surface area contributed by atoms with Gasteiger partial charge in [0.1, 0.15) is 6.54 Å². The number of alkyl halides is 15. The smallest absolute Gasteiger partial charge is 0.460 e. The second-order valence-corrected chi connectivity index (χ2v) is 11.8. The molecule has 0 radical (unpaired) electrons. The van der Waals surface area contributed by atoms with Crippen molar-refractivity contribution < 1.29 is 80.2 Å². The van der Waals surface area contributed by atoms with Crippen molar-refractivity contribution in [1.82, 2.24) is 4.90 Å². The number of carbonyl (C=O) groups is 2. The summed E-state index contributed by atoms with van der Waals surface area (Å²) in [6, 6.07) is 0. The summed E-state index contributed by atoms with van der Waals surface area (Å²) in [6.45, 7) is -0.310. The molecule has 49 heavy (non-hydrogen) atoms. The predicted molar refractivity (Wildman–Crippen MR) is 148 cm³/mol. The molecule has 0 aromatic heterocycles. The molecule has 0 aliphatic heterocycles. The zero-order valence-electron chi connectivity index (χ0n) is 27.3. The minimum Gasteiger partial charge on any atom is -0.464 e. The average molecular weight is 752 g/mol. The third kappa shape index (κ3) is 11.7. The number of ether oxygens (including phenoxy) is 1. The van der Waals surface area contributed by atoms with E-state index in [1.54, 1.807) is 0 Å². The van der Waals surface area contributed by atoms with Crippen molar-refractivity contribution in [3.63, 3.8) is 0 Å². The highest BCUT2D eigenvalue weighted by Gasteiger charge is 2.94. The number of hydrogen-bond donors (Lipinski definition) is 0. The van der Waals surface area contributed by atoms with Crippen molar-refractivity contribution >= 4 is 11.9 Å². The van der Waals surface area contributed by atoms with Crippen molar-refractivity contribution in [2.24, 2.45) is 0 Å². The van der Waals surface area contributed by atoms with Gasteiger partial charge in [0, 0.05) is 6.54 Å². The van der Waals surface area contributed by atoms with E-state index in [2.05, 4.69) is 11.7 Å². The van der Waals surface area contributed by atoms with E-state index in [1.165, 1.54) is 51.4 Å². The van der Waals surface area contributed by atoms with E-state index < -0.39 is 71.6 Å². The maximum atomic E-state index is 14.3. The zero-order chi connectivity index (χ0) is 38.4. The summed E-state index contributed by atoms with van der Waals surface area (Å²) in [5.74, 6) is -53.6. The van der Waals surface area contributed by atoms with Gasteiger partial charge >= 0.3 is 47.7 Å². The number of halogens is 15. The molecule has 0 saturated carbocycles. The number of nitrogens with zero attached hydrogens (tertiary/aromatic N) is 1. The van der Waals surface area contributed by atoms with Crippen LogP contribution in [0.5, 0.6) is 0 Å². The Balaban J connectivity index is 4.89. The molecular weight excluding hydrogens is 707 g/mol. The summed E-state index contributed by atoms with van der Waals surface area (Å²) in [6.07, 6.45) is 8.72. The lowest BCUT2D eigenvalue weighted by Crippen LogP contribution is -2.74.